The van der Waals surface area contributed by atoms with E-state index in [0.717, 1.165) is 28.7 Å². The predicted molar refractivity (Wildman–Crippen MR) is 146 cm³/mol. The summed E-state index contributed by atoms with van der Waals surface area (Å²) in [4.78, 5) is 13.0. The van der Waals surface area contributed by atoms with Gasteiger partial charge in [0.15, 0.2) is 5.79 Å². The molecular formula is C28H37ClN2O5S. The third-order valence-corrected chi connectivity index (χ3v) is 8.76. The molecule has 9 heteroatoms. The summed E-state index contributed by atoms with van der Waals surface area (Å²) >= 11 is 5.22. The zero-order valence-electron chi connectivity index (χ0n) is 21.8. The van der Waals surface area contributed by atoms with Crippen LogP contribution in [0.15, 0.2) is 42.5 Å². The summed E-state index contributed by atoms with van der Waals surface area (Å²) in [5.41, 5.74) is 4.08. The average Bonchev–Trinajstić information content (AvgIpc) is 2.86. The maximum absolute atomic E-state index is 13.3. The van der Waals surface area contributed by atoms with Crippen molar-refractivity contribution in [3.8, 4) is 0 Å². The Bertz CT molecular complexity index is 1070. The Kier molecular flexibility index (Phi) is 9.09. The van der Waals surface area contributed by atoms with Crippen molar-refractivity contribution in [2.24, 2.45) is 0 Å². The second kappa shape index (κ2) is 11.9. The van der Waals surface area contributed by atoms with Crippen LogP contribution in [0.2, 0.25) is 5.02 Å². The second-order valence-corrected chi connectivity index (χ2v) is 13.2. The standard InChI is InChI=1S/C28H37ClN2O5S/c1-27(2,3)37(34)30-25(24-17-22(29)16-21-19-31(26(32)33)13-11-23(21)24)10-12-28(35-14-7-15-36-28)18-20-8-5-4-6-9-20/h4-6,8-9,16-17,25,30H,7,10-15,18-19H2,1-3H3,(H,32,33)/t25?,37-/m0/s1. The van der Waals surface area contributed by atoms with Crippen LogP contribution in [0.25, 0.3) is 0 Å². The summed E-state index contributed by atoms with van der Waals surface area (Å²) in [7, 11) is 0. The first-order chi connectivity index (χ1) is 17.6. The number of rotatable bonds is 8. The quantitative estimate of drug-likeness (QED) is 0.415. The molecule has 0 spiro atoms. The van der Waals surface area contributed by atoms with Gasteiger partial charge in [0.1, 0.15) is 4.75 Å². The third kappa shape index (κ3) is 7.19. The topological polar surface area (TPSA) is 94.1 Å². The van der Waals surface area contributed by atoms with Gasteiger partial charge in [-0.1, -0.05) is 41.9 Å². The van der Waals surface area contributed by atoms with Crippen molar-refractivity contribution in [3.05, 3.63) is 69.7 Å². The van der Waals surface area contributed by atoms with E-state index in [2.05, 4.69) is 16.9 Å². The lowest BCUT2D eigenvalue weighted by Gasteiger charge is -2.39. The summed E-state index contributed by atoms with van der Waals surface area (Å²) in [5, 5.41) is 10.1. The number of fused-ring (bicyclic) bond motifs is 1. The van der Waals surface area contributed by atoms with E-state index in [1.165, 1.54) is 4.90 Å². The van der Waals surface area contributed by atoms with Gasteiger partial charge in [-0.3, -0.25) is 0 Å². The van der Waals surface area contributed by atoms with Crippen molar-refractivity contribution < 1.29 is 23.9 Å². The Morgan fingerprint density at radius 3 is 2.59 bits per heavy atom. The lowest BCUT2D eigenvalue weighted by Crippen LogP contribution is -2.45. The summed E-state index contributed by atoms with van der Waals surface area (Å²) in [6, 6.07) is 13.7. The highest BCUT2D eigenvalue weighted by Gasteiger charge is 2.38. The van der Waals surface area contributed by atoms with Crippen LogP contribution in [0.3, 0.4) is 0 Å². The van der Waals surface area contributed by atoms with Gasteiger partial charge < -0.3 is 24.0 Å². The monoisotopic (exact) mass is 548 g/mol. The molecule has 2 heterocycles. The lowest BCUT2D eigenvalue weighted by atomic mass is 9.88. The molecule has 0 aliphatic carbocycles. The highest BCUT2D eigenvalue weighted by atomic mass is 35.5. The molecule has 0 aromatic heterocycles. The van der Waals surface area contributed by atoms with E-state index in [1.54, 1.807) is 0 Å². The number of carbonyl (C=O) groups is 1. The number of nitrogens with zero attached hydrogens (tertiary/aromatic N) is 1. The fraction of sp³-hybridized carbons (Fsp3) is 0.536. The number of hydrogen-bond acceptors (Lipinski definition) is 5. The van der Waals surface area contributed by atoms with Crippen molar-refractivity contribution in [1.82, 2.24) is 9.62 Å². The number of nitrogens with one attached hydrogen (secondary N) is 1. The smallest absolute Gasteiger partial charge is 0.407 e. The predicted octanol–water partition coefficient (Wildman–Crippen LogP) is 5.63. The van der Waals surface area contributed by atoms with Crippen LogP contribution in [-0.4, -0.2) is 50.9 Å². The maximum Gasteiger partial charge on any atom is 0.407 e. The number of halogens is 1. The minimum absolute atomic E-state index is 0.273. The van der Waals surface area contributed by atoms with E-state index in [9.17, 15) is 14.5 Å². The molecular weight excluding hydrogens is 512 g/mol. The number of hydrogen-bond donors (Lipinski definition) is 2. The minimum Gasteiger partial charge on any atom is -0.598 e. The molecule has 2 aromatic rings. The molecule has 37 heavy (non-hydrogen) atoms. The molecule has 2 atom stereocenters. The highest BCUT2D eigenvalue weighted by Crippen LogP contribution is 2.37. The van der Waals surface area contributed by atoms with E-state index < -0.39 is 28.0 Å². The molecule has 2 aliphatic heterocycles. The molecule has 0 saturated carbocycles. The Morgan fingerprint density at radius 2 is 1.95 bits per heavy atom. The average molecular weight is 549 g/mol. The normalized spacial score (nSPS) is 19.2. The fourth-order valence-electron chi connectivity index (χ4n) is 4.97. The number of benzene rings is 2. The van der Waals surface area contributed by atoms with E-state index in [4.69, 9.17) is 21.1 Å². The molecule has 202 valence electrons. The van der Waals surface area contributed by atoms with Gasteiger partial charge in [-0.2, -0.15) is 0 Å². The Balaban J connectivity index is 1.64. The first-order valence-corrected chi connectivity index (χ1v) is 14.4. The Labute approximate surface area is 227 Å². The van der Waals surface area contributed by atoms with Crippen molar-refractivity contribution in [3.63, 3.8) is 0 Å². The number of ether oxygens (including phenoxy) is 2. The summed E-state index contributed by atoms with van der Waals surface area (Å²) < 4.78 is 28.8. The van der Waals surface area contributed by atoms with Crippen LogP contribution in [0.1, 0.15) is 68.3 Å². The van der Waals surface area contributed by atoms with Gasteiger partial charge in [-0.05, 0) is 74.4 Å². The summed E-state index contributed by atoms with van der Waals surface area (Å²) in [6.45, 7) is 7.79. The van der Waals surface area contributed by atoms with Crippen molar-refractivity contribution >= 4 is 29.1 Å². The molecule has 2 N–H and O–H groups in total. The van der Waals surface area contributed by atoms with Crippen molar-refractivity contribution in [2.45, 2.75) is 76.0 Å². The lowest BCUT2D eigenvalue weighted by molar-refractivity contribution is -0.270. The van der Waals surface area contributed by atoms with Gasteiger partial charge in [0.2, 0.25) is 0 Å². The molecule has 0 radical (unpaired) electrons. The molecule has 4 rings (SSSR count). The molecule has 2 aliphatic rings. The van der Waals surface area contributed by atoms with Gasteiger partial charge in [0.25, 0.3) is 0 Å². The van der Waals surface area contributed by atoms with Crippen LogP contribution in [0, 0.1) is 0 Å². The van der Waals surface area contributed by atoms with E-state index in [1.807, 2.05) is 51.1 Å². The van der Waals surface area contributed by atoms with Gasteiger partial charge >= 0.3 is 6.09 Å². The molecule has 7 nitrogen and oxygen atoms in total. The summed E-state index contributed by atoms with van der Waals surface area (Å²) in [6.07, 6.45) is 2.34. The largest absolute Gasteiger partial charge is 0.598 e. The Morgan fingerprint density at radius 1 is 1.24 bits per heavy atom. The SMILES string of the molecule is CC(C)(C)[S@+]([O-])NC(CCC1(Cc2ccccc2)OCCCO1)c1cc(Cl)cc2c1CCN(C(=O)O)C2. The van der Waals surface area contributed by atoms with Crippen LogP contribution < -0.4 is 4.72 Å². The molecule has 1 amide bonds. The van der Waals surface area contributed by atoms with Crippen LogP contribution in [0.5, 0.6) is 0 Å². The first kappa shape index (κ1) is 28.2. The minimum atomic E-state index is -1.33. The highest BCUT2D eigenvalue weighted by molar-refractivity contribution is 7.90. The van der Waals surface area contributed by atoms with Crippen molar-refractivity contribution in [2.75, 3.05) is 19.8 Å². The van der Waals surface area contributed by atoms with E-state index >= 15 is 0 Å². The third-order valence-electron chi connectivity index (χ3n) is 6.94. The summed E-state index contributed by atoms with van der Waals surface area (Å²) in [5.74, 6) is -0.762. The first-order valence-electron chi connectivity index (χ1n) is 12.9. The van der Waals surface area contributed by atoms with Gasteiger partial charge in [-0.25, -0.2) is 4.79 Å². The van der Waals surface area contributed by atoms with Gasteiger partial charge in [-0.15, -0.1) is 4.72 Å². The van der Waals surface area contributed by atoms with Crippen LogP contribution in [0.4, 0.5) is 4.79 Å². The molecule has 1 saturated heterocycles. The molecule has 2 aromatic carbocycles. The molecule has 0 bridgehead atoms. The van der Waals surface area contributed by atoms with E-state index in [-0.39, 0.29) is 12.6 Å². The zero-order valence-corrected chi connectivity index (χ0v) is 23.4. The van der Waals surface area contributed by atoms with Crippen LogP contribution in [-0.2, 0) is 40.2 Å². The molecule has 1 unspecified atom stereocenters. The Hall–Kier alpha value is -1.81. The maximum atomic E-state index is 13.3. The number of carboxylic acid groups (broad SMARTS) is 1. The molecule has 1 fully saturated rings. The van der Waals surface area contributed by atoms with E-state index in [0.29, 0.717) is 50.5 Å². The van der Waals surface area contributed by atoms with Crippen LogP contribution >= 0.6 is 11.6 Å². The second-order valence-electron chi connectivity index (χ2n) is 10.8. The zero-order chi connectivity index (χ0) is 26.6. The van der Waals surface area contributed by atoms with Gasteiger partial charge in [0, 0.05) is 42.3 Å². The fourth-order valence-corrected chi connectivity index (χ4v) is 6.08. The van der Waals surface area contributed by atoms with Crippen molar-refractivity contribution in [1.29, 1.82) is 0 Å². The number of amides is 1. The van der Waals surface area contributed by atoms with Gasteiger partial charge in [0.05, 0.1) is 19.3 Å².